The van der Waals surface area contributed by atoms with Gasteiger partial charge in [0.1, 0.15) is 10.5 Å². The molecule has 0 aliphatic heterocycles. The molecule has 1 N–H and O–H groups in total. The molecule has 0 saturated heterocycles. The molecule has 1 atom stereocenters. The Labute approximate surface area is 87.6 Å². The Hall–Kier alpha value is -0.740. The van der Waals surface area contributed by atoms with Gasteiger partial charge in [-0.05, 0) is 19.9 Å². The molecule has 2 rings (SSSR count). The molecule has 0 amide bonds. The summed E-state index contributed by atoms with van der Waals surface area (Å²) in [6, 6.07) is 0. The van der Waals surface area contributed by atoms with E-state index in [1.54, 1.807) is 17.5 Å². The number of carbonyl (C=O) groups is 1. The summed E-state index contributed by atoms with van der Waals surface area (Å²) >= 11 is 1.56. The monoisotopic (exact) mass is 210 g/mol. The molecule has 0 aromatic carbocycles. The second-order valence-electron chi connectivity index (χ2n) is 3.62. The molecule has 1 fully saturated rings. The van der Waals surface area contributed by atoms with Crippen LogP contribution in [0.1, 0.15) is 30.7 Å². The van der Waals surface area contributed by atoms with Crippen LogP contribution in [0.3, 0.4) is 0 Å². The Morgan fingerprint density at radius 2 is 2.43 bits per heavy atom. The highest BCUT2D eigenvalue weighted by Crippen LogP contribution is 2.34. The second kappa shape index (κ2) is 3.79. The summed E-state index contributed by atoms with van der Waals surface area (Å²) in [5, 5.41) is 6.02. The van der Waals surface area contributed by atoms with Gasteiger partial charge in [-0.25, -0.2) is 4.98 Å². The zero-order chi connectivity index (χ0) is 10.0. The first-order chi connectivity index (χ1) is 6.79. The van der Waals surface area contributed by atoms with E-state index in [0.717, 1.165) is 24.3 Å². The first-order valence-corrected chi connectivity index (χ1v) is 5.80. The summed E-state index contributed by atoms with van der Waals surface area (Å²) in [7, 11) is 1.85. The third-order valence-corrected chi connectivity index (χ3v) is 3.84. The normalized spacial score (nSPS) is 27.9. The highest BCUT2D eigenvalue weighted by atomic mass is 32.1. The number of nitrogens with zero attached hydrogens (tertiary/aromatic N) is 1. The van der Waals surface area contributed by atoms with Crippen LogP contribution >= 0.6 is 11.3 Å². The van der Waals surface area contributed by atoms with Gasteiger partial charge in [0.2, 0.25) is 0 Å². The van der Waals surface area contributed by atoms with Crippen molar-refractivity contribution in [3.8, 4) is 0 Å². The summed E-state index contributed by atoms with van der Waals surface area (Å²) in [5.41, 5.74) is -0.480. The van der Waals surface area contributed by atoms with Gasteiger partial charge in [-0.15, -0.1) is 11.3 Å². The van der Waals surface area contributed by atoms with Crippen molar-refractivity contribution in [2.45, 2.75) is 31.2 Å². The SMILES string of the molecule is CN[C@]1(c2nccs2)CCCCC1=O. The maximum Gasteiger partial charge on any atom is 0.159 e. The molecular formula is C10H14N2OS. The fourth-order valence-corrected chi connectivity index (χ4v) is 2.95. The summed E-state index contributed by atoms with van der Waals surface area (Å²) in [6.45, 7) is 0. The van der Waals surface area contributed by atoms with Crippen LogP contribution in [0.2, 0.25) is 0 Å². The number of rotatable bonds is 2. The van der Waals surface area contributed by atoms with Crippen LogP contribution in [0.4, 0.5) is 0 Å². The standard InChI is InChI=1S/C10H14N2OS/c1-11-10(9-12-6-7-14-9)5-3-2-4-8(10)13/h6-7,11H,2-5H2,1H3/t10-/m1/s1. The van der Waals surface area contributed by atoms with Gasteiger partial charge in [-0.2, -0.15) is 0 Å². The van der Waals surface area contributed by atoms with Crippen molar-refractivity contribution >= 4 is 17.1 Å². The van der Waals surface area contributed by atoms with Crippen molar-refractivity contribution < 1.29 is 4.79 Å². The van der Waals surface area contributed by atoms with E-state index in [-0.39, 0.29) is 0 Å². The van der Waals surface area contributed by atoms with Gasteiger partial charge in [0.25, 0.3) is 0 Å². The lowest BCUT2D eigenvalue weighted by atomic mass is 9.81. The summed E-state index contributed by atoms with van der Waals surface area (Å²) < 4.78 is 0. The summed E-state index contributed by atoms with van der Waals surface area (Å²) in [6.07, 6.45) is 5.46. The lowest BCUT2D eigenvalue weighted by molar-refractivity contribution is -0.127. The lowest BCUT2D eigenvalue weighted by Crippen LogP contribution is -2.49. The highest BCUT2D eigenvalue weighted by molar-refractivity contribution is 7.09. The molecule has 4 heteroatoms. The van der Waals surface area contributed by atoms with E-state index in [4.69, 9.17) is 0 Å². The minimum absolute atomic E-state index is 0.293. The van der Waals surface area contributed by atoms with Crippen molar-refractivity contribution in [2.75, 3.05) is 7.05 Å². The minimum Gasteiger partial charge on any atom is -0.302 e. The van der Waals surface area contributed by atoms with Crippen LogP contribution in [0.15, 0.2) is 11.6 Å². The van der Waals surface area contributed by atoms with Gasteiger partial charge in [-0.1, -0.05) is 6.42 Å². The number of hydrogen-bond donors (Lipinski definition) is 1. The van der Waals surface area contributed by atoms with Gasteiger partial charge >= 0.3 is 0 Å². The van der Waals surface area contributed by atoms with E-state index < -0.39 is 5.54 Å². The van der Waals surface area contributed by atoms with Crippen molar-refractivity contribution in [2.24, 2.45) is 0 Å². The van der Waals surface area contributed by atoms with Crippen LogP contribution in [-0.2, 0) is 10.3 Å². The predicted octanol–water partition coefficient (Wildman–Crippen LogP) is 1.70. The highest BCUT2D eigenvalue weighted by Gasteiger charge is 2.41. The fraction of sp³-hybridized carbons (Fsp3) is 0.600. The summed E-state index contributed by atoms with van der Waals surface area (Å²) in [5.74, 6) is 0.293. The minimum atomic E-state index is -0.480. The van der Waals surface area contributed by atoms with Gasteiger partial charge in [-0.3, -0.25) is 4.79 Å². The molecule has 0 bridgehead atoms. The number of aromatic nitrogens is 1. The molecule has 1 saturated carbocycles. The van der Waals surface area contributed by atoms with E-state index in [1.165, 1.54) is 0 Å². The van der Waals surface area contributed by atoms with E-state index in [2.05, 4.69) is 10.3 Å². The fourth-order valence-electron chi connectivity index (χ4n) is 2.06. The van der Waals surface area contributed by atoms with E-state index >= 15 is 0 Å². The molecule has 76 valence electrons. The average Bonchev–Trinajstić information content (AvgIpc) is 2.72. The largest absolute Gasteiger partial charge is 0.302 e. The molecule has 0 radical (unpaired) electrons. The molecule has 3 nitrogen and oxygen atoms in total. The van der Waals surface area contributed by atoms with Crippen molar-refractivity contribution in [1.29, 1.82) is 0 Å². The van der Waals surface area contributed by atoms with Gasteiger partial charge in [0.05, 0.1) is 0 Å². The molecule has 14 heavy (non-hydrogen) atoms. The molecule has 0 spiro atoms. The van der Waals surface area contributed by atoms with E-state index in [1.807, 2.05) is 12.4 Å². The van der Waals surface area contributed by atoms with Crippen LogP contribution in [0.5, 0.6) is 0 Å². The third-order valence-electron chi connectivity index (χ3n) is 2.91. The van der Waals surface area contributed by atoms with Crippen molar-refractivity contribution in [3.63, 3.8) is 0 Å². The van der Waals surface area contributed by atoms with Crippen molar-refractivity contribution in [1.82, 2.24) is 10.3 Å². The molecular weight excluding hydrogens is 196 g/mol. The Balaban J connectivity index is 2.37. The Morgan fingerprint density at radius 3 is 3.00 bits per heavy atom. The number of thiazole rings is 1. The number of likely N-dealkylation sites (N-methyl/N-ethyl adjacent to an activating group) is 1. The molecule has 1 aliphatic carbocycles. The Kier molecular flexibility index (Phi) is 2.65. The molecule has 1 aromatic heterocycles. The van der Waals surface area contributed by atoms with E-state index in [9.17, 15) is 4.79 Å². The first-order valence-electron chi connectivity index (χ1n) is 4.92. The first kappa shape index (κ1) is 9.80. The van der Waals surface area contributed by atoms with Crippen LogP contribution < -0.4 is 5.32 Å². The van der Waals surface area contributed by atoms with Crippen LogP contribution in [0.25, 0.3) is 0 Å². The lowest BCUT2D eigenvalue weighted by Gasteiger charge is -2.33. The smallest absolute Gasteiger partial charge is 0.159 e. The second-order valence-corrected chi connectivity index (χ2v) is 4.52. The zero-order valence-electron chi connectivity index (χ0n) is 8.25. The maximum atomic E-state index is 11.9. The van der Waals surface area contributed by atoms with Gasteiger partial charge in [0.15, 0.2) is 5.78 Å². The van der Waals surface area contributed by atoms with Crippen LogP contribution in [0, 0.1) is 0 Å². The third kappa shape index (κ3) is 1.38. The number of ketones is 1. The maximum absolute atomic E-state index is 11.9. The van der Waals surface area contributed by atoms with Crippen molar-refractivity contribution in [3.05, 3.63) is 16.6 Å². The number of carbonyl (C=O) groups excluding carboxylic acids is 1. The molecule has 1 aliphatic rings. The Bertz CT molecular complexity index is 323. The number of Topliss-reactive ketones (excluding diaryl/α,β-unsaturated/α-hetero) is 1. The summed E-state index contributed by atoms with van der Waals surface area (Å²) in [4.78, 5) is 16.2. The van der Waals surface area contributed by atoms with Crippen LogP contribution in [-0.4, -0.2) is 17.8 Å². The number of nitrogens with one attached hydrogen (secondary N) is 1. The molecule has 1 heterocycles. The molecule has 1 aromatic rings. The zero-order valence-corrected chi connectivity index (χ0v) is 9.06. The number of hydrogen-bond acceptors (Lipinski definition) is 4. The molecule has 0 unspecified atom stereocenters. The van der Waals surface area contributed by atoms with E-state index in [0.29, 0.717) is 12.2 Å². The quantitative estimate of drug-likeness (QED) is 0.808. The topological polar surface area (TPSA) is 42.0 Å². The predicted molar refractivity (Wildman–Crippen MR) is 56.3 cm³/mol. The Morgan fingerprint density at radius 1 is 1.57 bits per heavy atom. The average molecular weight is 210 g/mol. The van der Waals surface area contributed by atoms with Gasteiger partial charge < -0.3 is 5.32 Å². The van der Waals surface area contributed by atoms with Gasteiger partial charge in [0, 0.05) is 18.0 Å².